The van der Waals surface area contributed by atoms with Gasteiger partial charge in [0.25, 0.3) is 5.91 Å². The highest BCUT2D eigenvalue weighted by atomic mass is 35.5. The zero-order chi connectivity index (χ0) is 19.1. The second kappa shape index (κ2) is 6.79. The van der Waals surface area contributed by atoms with E-state index in [1.807, 2.05) is 0 Å². The molecule has 3 heterocycles. The Balaban J connectivity index is 1.70. The number of aromatic nitrogens is 2. The lowest BCUT2D eigenvalue weighted by Crippen LogP contribution is -2.49. The highest BCUT2D eigenvalue weighted by Crippen LogP contribution is 2.33. The van der Waals surface area contributed by atoms with Crippen LogP contribution in [0, 0.1) is 13.8 Å². The molecule has 0 saturated carbocycles. The van der Waals surface area contributed by atoms with E-state index in [1.165, 1.54) is 0 Å². The Morgan fingerprint density at radius 1 is 1.23 bits per heavy atom. The van der Waals surface area contributed by atoms with Crippen LogP contribution >= 0.6 is 11.6 Å². The predicted molar refractivity (Wildman–Crippen MR) is 88.3 cm³/mol. The third-order valence-corrected chi connectivity index (χ3v) is 4.54. The van der Waals surface area contributed by atoms with Gasteiger partial charge in [-0.25, -0.2) is 4.98 Å². The van der Waals surface area contributed by atoms with E-state index in [4.69, 9.17) is 16.1 Å². The van der Waals surface area contributed by atoms with Gasteiger partial charge in [-0.15, -0.1) is 0 Å². The average Bonchev–Trinajstić information content (AvgIpc) is 2.92. The summed E-state index contributed by atoms with van der Waals surface area (Å²) >= 11 is 5.99. The number of piperazine rings is 1. The molecule has 6 nitrogen and oxygen atoms in total. The largest absolute Gasteiger partial charge is 0.417 e. The number of pyridine rings is 1. The maximum absolute atomic E-state index is 12.7. The van der Waals surface area contributed by atoms with Gasteiger partial charge in [-0.2, -0.15) is 13.2 Å². The van der Waals surface area contributed by atoms with Crippen molar-refractivity contribution in [1.29, 1.82) is 0 Å². The maximum atomic E-state index is 12.7. The molecular formula is C16H16ClF3N4O2. The predicted octanol–water partition coefficient (Wildman–Crippen LogP) is 3.32. The van der Waals surface area contributed by atoms with E-state index in [1.54, 1.807) is 23.6 Å². The van der Waals surface area contributed by atoms with Crippen LogP contribution in [0.15, 0.2) is 16.8 Å². The minimum absolute atomic E-state index is 0.0645. The van der Waals surface area contributed by atoms with Gasteiger partial charge in [-0.1, -0.05) is 16.8 Å². The lowest BCUT2D eigenvalue weighted by molar-refractivity contribution is -0.137. The van der Waals surface area contributed by atoms with Crippen molar-refractivity contribution in [1.82, 2.24) is 15.0 Å². The van der Waals surface area contributed by atoms with Gasteiger partial charge in [-0.3, -0.25) is 4.79 Å². The molecule has 2 aromatic rings. The Bertz CT molecular complexity index is 810. The number of anilines is 1. The summed E-state index contributed by atoms with van der Waals surface area (Å²) in [6.45, 7) is 4.98. The van der Waals surface area contributed by atoms with Crippen LogP contribution < -0.4 is 4.90 Å². The molecule has 0 spiro atoms. The fraction of sp³-hybridized carbons (Fsp3) is 0.438. The van der Waals surface area contributed by atoms with Crippen LogP contribution in [0.3, 0.4) is 0 Å². The number of hydrogen-bond donors (Lipinski definition) is 0. The zero-order valence-corrected chi connectivity index (χ0v) is 14.9. The lowest BCUT2D eigenvalue weighted by atomic mass is 10.1. The van der Waals surface area contributed by atoms with Crippen molar-refractivity contribution in [3.8, 4) is 0 Å². The summed E-state index contributed by atoms with van der Waals surface area (Å²) in [6, 6.07) is 0.866. The van der Waals surface area contributed by atoms with E-state index in [0.717, 1.165) is 12.3 Å². The quantitative estimate of drug-likeness (QED) is 0.789. The summed E-state index contributed by atoms with van der Waals surface area (Å²) in [5, 5.41) is 3.72. The number of rotatable bonds is 2. The van der Waals surface area contributed by atoms with E-state index < -0.39 is 11.7 Å². The van der Waals surface area contributed by atoms with Gasteiger partial charge in [0.1, 0.15) is 17.1 Å². The normalized spacial score (nSPS) is 15.5. The summed E-state index contributed by atoms with van der Waals surface area (Å²) in [6.07, 6.45) is -3.72. The highest BCUT2D eigenvalue weighted by Gasteiger charge is 2.33. The van der Waals surface area contributed by atoms with Crippen LogP contribution in [0.2, 0.25) is 5.02 Å². The van der Waals surface area contributed by atoms with Gasteiger partial charge in [-0.05, 0) is 19.9 Å². The minimum Gasteiger partial charge on any atom is -0.361 e. The fourth-order valence-corrected chi connectivity index (χ4v) is 3.17. The topological polar surface area (TPSA) is 62.5 Å². The molecule has 1 aliphatic heterocycles. The number of hydrogen-bond acceptors (Lipinski definition) is 5. The first-order valence-corrected chi connectivity index (χ1v) is 8.26. The number of carbonyl (C=O) groups excluding carboxylic acids is 1. The number of amides is 1. The molecule has 1 fully saturated rings. The second-order valence-corrected chi connectivity index (χ2v) is 6.41. The summed E-state index contributed by atoms with van der Waals surface area (Å²) in [5.74, 6) is 0.568. The Morgan fingerprint density at radius 2 is 1.88 bits per heavy atom. The van der Waals surface area contributed by atoms with E-state index >= 15 is 0 Å². The lowest BCUT2D eigenvalue weighted by Gasteiger charge is -2.35. The summed E-state index contributed by atoms with van der Waals surface area (Å²) < 4.78 is 43.2. The molecule has 3 rings (SSSR count). The van der Waals surface area contributed by atoms with Crippen LogP contribution in [0.1, 0.15) is 27.4 Å². The van der Waals surface area contributed by atoms with Gasteiger partial charge >= 0.3 is 6.18 Å². The monoisotopic (exact) mass is 388 g/mol. The first-order chi connectivity index (χ1) is 12.2. The Kier molecular flexibility index (Phi) is 4.83. The first-order valence-electron chi connectivity index (χ1n) is 7.88. The molecule has 0 bridgehead atoms. The Morgan fingerprint density at radius 3 is 2.38 bits per heavy atom. The Hall–Kier alpha value is -2.29. The first kappa shape index (κ1) is 18.5. The van der Waals surface area contributed by atoms with Crippen molar-refractivity contribution in [2.24, 2.45) is 0 Å². The molecule has 1 amide bonds. The number of carbonyl (C=O) groups is 1. The Labute approximate surface area is 152 Å². The van der Waals surface area contributed by atoms with E-state index in [9.17, 15) is 18.0 Å². The number of halogens is 4. The summed E-state index contributed by atoms with van der Waals surface area (Å²) in [5.41, 5.74) is 0.0880. The molecular weight excluding hydrogens is 373 g/mol. The number of nitrogens with zero attached hydrogens (tertiary/aromatic N) is 4. The highest BCUT2D eigenvalue weighted by molar-refractivity contribution is 6.33. The molecule has 0 atom stereocenters. The van der Waals surface area contributed by atoms with E-state index in [0.29, 0.717) is 43.2 Å². The molecule has 0 aliphatic carbocycles. The zero-order valence-electron chi connectivity index (χ0n) is 14.1. The number of aryl methyl sites for hydroxylation is 2. The van der Waals surface area contributed by atoms with Crippen LogP contribution in [0.5, 0.6) is 0 Å². The van der Waals surface area contributed by atoms with Crippen molar-refractivity contribution < 1.29 is 22.5 Å². The van der Waals surface area contributed by atoms with Gasteiger partial charge in [0, 0.05) is 32.4 Å². The van der Waals surface area contributed by atoms with Gasteiger partial charge in [0.2, 0.25) is 0 Å². The van der Waals surface area contributed by atoms with Crippen molar-refractivity contribution in [3.05, 3.63) is 39.9 Å². The molecule has 0 radical (unpaired) electrons. The van der Waals surface area contributed by atoms with Gasteiger partial charge in [0.15, 0.2) is 0 Å². The van der Waals surface area contributed by atoms with E-state index in [-0.39, 0.29) is 16.7 Å². The van der Waals surface area contributed by atoms with Crippen LogP contribution in [-0.4, -0.2) is 47.1 Å². The van der Waals surface area contributed by atoms with Crippen molar-refractivity contribution >= 4 is 23.3 Å². The van der Waals surface area contributed by atoms with Crippen LogP contribution in [0.25, 0.3) is 0 Å². The maximum Gasteiger partial charge on any atom is 0.417 e. The van der Waals surface area contributed by atoms with Crippen molar-refractivity contribution in [3.63, 3.8) is 0 Å². The summed E-state index contributed by atoms with van der Waals surface area (Å²) in [7, 11) is 0. The molecule has 10 heteroatoms. The molecule has 0 N–H and O–H groups in total. The minimum atomic E-state index is -4.49. The standard InChI is InChI=1S/C16H16ClF3N4O2/c1-9-13(10(2)26-22-9)15(25)24-5-3-23(4-6-24)14-12(17)7-11(8-21-14)16(18,19)20/h7-8H,3-6H2,1-2H3. The van der Waals surface area contributed by atoms with E-state index in [2.05, 4.69) is 10.1 Å². The third-order valence-electron chi connectivity index (χ3n) is 4.26. The van der Waals surface area contributed by atoms with Gasteiger partial charge in [0.05, 0.1) is 16.3 Å². The van der Waals surface area contributed by atoms with Crippen LogP contribution in [0.4, 0.5) is 19.0 Å². The molecule has 0 unspecified atom stereocenters. The molecule has 2 aromatic heterocycles. The van der Waals surface area contributed by atoms with Gasteiger partial charge < -0.3 is 14.3 Å². The average molecular weight is 389 g/mol. The SMILES string of the molecule is Cc1noc(C)c1C(=O)N1CCN(c2ncc(C(F)(F)F)cc2Cl)CC1. The molecule has 1 saturated heterocycles. The summed E-state index contributed by atoms with van der Waals surface area (Å²) in [4.78, 5) is 19.9. The van der Waals surface area contributed by atoms with Crippen LogP contribution in [-0.2, 0) is 6.18 Å². The van der Waals surface area contributed by atoms with Crippen molar-refractivity contribution in [2.75, 3.05) is 31.1 Å². The molecule has 1 aliphatic rings. The number of alkyl halides is 3. The molecule has 0 aromatic carbocycles. The molecule has 140 valence electrons. The smallest absolute Gasteiger partial charge is 0.361 e. The third kappa shape index (κ3) is 3.48. The second-order valence-electron chi connectivity index (χ2n) is 6.01. The molecule has 26 heavy (non-hydrogen) atoms. The fourth-order valence-electron chi connectivity index (χ4n) is 2.89. The van der Waals surface area contributed by atoms with Crippen molar-refractivity contribution in [2.45, 2.75) is 20.0 Å².